The standard InChI is InChI=1S/C21H22N4O5S/c1-12-19(14-7-5-6-8-22-14)31-21(24-12)25-17(26)11-23-20(27)13-9-15(28-2)18(30-4)16(10-13)29-3/h5-10H,11H2,1-4H3,(H,23,27)(H,24,25,26). The first-order chi connectivity index (χ1) is 15.0. The lowest BCUT2D eigenvalue weighted by molar-refractivity contribution is -0.115. The first-order valence-corrected chi connectivity index (χ1v) is 10.0. The molecular weight excluding hydrogens is 420 g/mol. The summed E-state index contributed by atoms with van der Waals surface area (Å²) in [6.45, 7) is 1.62. The quantitative estimate of drug-likeness (QED) is 0.552. The smallest absolute Gasteiger partial charge is 0.251 e. The topological polar surface area (TPSA) is 112 Å². The molecule has 3 rings (SSSR count). The molecule has 0 aliphatic carbocycles. The van der Waals surface area contributed by atoms with Crippen LogP contribution in [0, 0.1) is 6.92 Å². The molecule has 0 radical (unpaired) electrons. The van der Waals surface area contributed by atoms with Crippen molar-refractivity contribution in [2.45, 2.75) is 6.92 Å². The maximum atomic E-state index is 12.5. The lowest BCUT2D eigenvalue weighted by atomic mass is 10.1. The van der Waals surface area contributed by atoms with Gasteiger partial charge < -0.3 is 24.8 Å². The molecule has 1 aromatic carbocycles. The van der Waals surface area contributed by atoms with Gasteiger partial charge in [-0.1, -0.05) is 17.4 Å². The van der Waals surface area contributed by atoms with Gasteiger partial charge in [-0.3, -0.25) is 14.6 Å². The van der Waals surface area contributed by atoms with Gasteiger partial charge in [0.2, 0.25) is 11.7 Å². The van der Waals surface area contributed by atoms with Gasteiger partial charge in [0.15, 0.2) is 16.6 Å². The van der Waals surface area contributed by atoms with E-state index in [0.717, 1.165) is 16.3 Å². The van der Waals surface area contributed by atoms with E-state index >= 15 is 0 Å². The second-order valence-corrected chi connectivity index (χ2v) is 7.29. The number of aromatic nitrogens is 2. The van der Waals surface area contributed by atoms with Crippen LogP contribution < -0.4 is 24.8 Å². The van der Waals surface area contributed by atoms with Crippen LogP contribution in [0.25, 0.3) is 10.6 Å². The minimum atomic E-state index is -0.459. The number of ether oxygens (including phenoxy) is 3. The fourth-order valence-electron chi connectivity index (χ4n) is 2.82. The van der Waals surface area contributed by atoms with Gasteiger partial charge in [-0.25, -0.2) is 4.98 Å². The van der Waals surface area contributed by atoms with Gasteiger partial charge in [0, 0.05) is 11.8 Å². The highest BCUT2D eigenvalue weighted by atomic mass is 32.1. The van der Waals surface area contributed by atoms with Crippen molar-refractivity contribution in [2.75, 3.05) is 33.2 Å². The van der Waals surface area contributed by atoms with Crippen molar-refractivity contribution < 1.29 is 23.8 Å². The second-order valence-electron chi connectivity index (χ2n) is 6.29. The van der Waals surface area contributed by atoms with Crippen molar-refractivity contribution >= 4 is 28.3 Å². The van der Waals surface area contributed by atoms with E-state index in [2.05, 4.69) is 20.6 Å². The molecule has 2 amide bonds. The van der Waals surface area contributed by atoms with Crippen molar-refractivity contribution in [1.82, 2.24) is 15.3 Å². The second kappa shape index (κ2) is 9.90. The van der Waals surface area contributed by atoms with Crippen molar-refractivity contribution in [3.05, 3.63) is 47.8 Å². The molecule has 10 heteroatoms. The zero-order chi connectivity index (χ0) is 22.4. The summed E-state index contributed by atoms with van der Waals surface area (Å²) in [4.78, 5) is 34.4. The average Bonchev–Trinajstić information content (AvgIpc) is 3.16. The van der Waals surface area contributed by atoms with Crippen LogP contribution in [0.1, 0.15) is 16.1 Å². The van der Waals surface area contributed by atoms with Crippen LogP contribution in [0.2, 0.25) is 0 Å². The third kappa shape index (κ3) is 5.10. The van der Waals surface area contributed by atoms with E-state index in [1.54, 1.807) is 6.20 Å². The molecule has 2 heterocycles. The average molecular weight is 442 g/mol. The number of methoxy groups -OCH3 is 3. The molecule has 0 fully saturated rings. The summed E-state index contributed by atoms with van der Waals surface area (Å²) < 4.78 is 15.7. The molecule has 0 unspecified atom stereocenters. The number of pyridine rings is 1. The Morgan fingerprint density at radius 3 is 2.35 bits per heavy atom. The summed E-state index contributed by atoms with van der Waals surface area (Å²) >= 11 is 1.32. The molecule has 2 N–H and O–H groups in total. The minimum Gasteiger partial charge on any atom is -0.493 e. The molecule has 3 aromatic rings. The molecule has 0 atom stereocenters. The Kier molecular flexibility index (Phi) is 7.03. The molecule has 0 saturated heterocycles. The van der Waals surface area contributed by atoms with Crippen LogP contribution in [0.15, 0.2) is 36.5 Å². The SMILES string of the molecule is COc1cc(C(=O)NCC(=O)Nc2nc(C)c(-c3ccccn3)s2)cc(OC)c1OC. The van der Waals surface area contributed by atoms with Gasteiger partial charge in [-0.15, -0.1) is 0 Å². The highest BCUT2D eigenvalue weighted by molar-refractivity contribution is 7.19. The summed E-state index contributed by atoms with van der Waals surface area (Å²) in [7, 11) is 4.40. The van der Waals surface area contributed by atoms with Crippen molar-refractivity contribution in [2.24, 2.45) is 0 Å². The predicted molar refractivity (Wildman–Crippen MR) is 117 cm³/mol. The van der Waals surface area contributed by atoms with Gasteiger partial charge in [0.05, 0.1) is 44.1 Å². The summed E-state index contributed by atoms with van der Waals surface area (Å²) in [5.74, 6) is 0.205. The molecule has 0 aliphatic heterocycles. The fraction of sp³-hybridized carbons (Fsp3) is 0.238. The van der Waals surface area contributed by atoms with E-state index in [4.69, 9.17) is 14.2 Å². The lowest BCUT2D eigenvalue weighted by Crippen LogP contribution is -2.32. The molecular formula is C21H22N4O5S. The number of anilines is 1. The van der Waals surface area contributed by atoms with Gasteiger partial charge in [0.1, 0.15) is 0 Å². The van der Waals surface area contributed by atoms with Crippen molar-refractivity contribution in [3.63, 3.8) is 0 Å². The third-order valence-corrected chi connectivity index (χ3v) is 5.37. The van der Waals surface area contributed by atoms with Gasteiger partial charge in [0.25, 0.3) is 5.91 Å². The van der Waals surface area contributed by atoms with E-state index in [1.165, 1.54) is 44.8 Å². The van der Waals surface area contributed by atoms with E-state index in [0.29, 0.717) is 22.4 Å². The van der Waals surface area contributed by atoms with Gasteiger partial charge in [-0.2, -0.15) is 0 Å². The molecule has 0 aliphatic rings. The lowest BCUT2D eigenvalue weighted by Gasteiger charge is -2.14. The Bertz CT molecular complexity index is 1060. The fourth-order valence-corrected chi connectivity index (χ4v) is 3.78. The number of benzene rings is 1. The van der Waals surface area contributed by atoms with E-state index in [9.17, 15) is 9.59 Å². The number of nitrogens with zero attached hydrogens (tertiary/aromatic N) is 2. The van der Waals surface area contributed by atoms with Crippen molar-refractivity contribution in [1.29, 1.82) is 0 Å². The third-order valence-electron chi connectivity index (χ3n) is 4.28. The number of carbonyl (C=O) groups excluding carboxylic acids is 2. The highest BCUT2D eigenvalue weighted by Crippen LogP contribution is 2.38. The number of nitrogens with one attached hydrogen (secondary N) is 2. The maximum absolute atomic E-state index is 12.5. The Hall–Kier alpha value is -3.66. The number of hydrogen-bond donors (Lipinski definition) is 2. The predicted octanol–water partition coefficient (Wildman–Crippen LogP) is 2.91. The highest BCUT2D eigenvalue weighted by Gasteiger charge is 2.18. The summed E-state index contributed by atoms with van der Waals surface area (Å²) in [6, 6.07) is 8.62. The number of hydrogen-bond acceptors (Lipinski definition) is 8. The summed E-state index contributed by atoms with van der Waals surface area (Å²) in [5, 5.41) is 5.71. The molecule has 0 spiro atoms. The maximum Gasteiger partial charge on any atom is 0.251 e. The van der Waals surface area contributed by atoms with Crippen LogP contribution in [-0.2, 0) is 4.79 Å². The monoisotopic (exact) mass is 442 g/mol. The Balaban J connectivity index is 1.64. The zero-order valence-corrected chi connectivity index (χ0v) is 18.3. The van der Waals surface area contributed by atoms with Crippen LogP contribution in [0.4, 0.5) is 5.13 Å². The molecule has 9 nitrogen and oxygen atoms in total. The molecule has 0 bridgehead atoms. The zero-order valence-electron chi connectivity index (χ0n) is 17.5. The van der Waals surface area contributed by atoms with Crippen LogP contribution in [0.5, 0.6) is 17.2 Å². The van der Waals surface area contributed by atoms with Crippen LogP contribution in [-0.4, -0.2) is 49.7 Å². The first kappa shape index (κ1) is 22.0. The number of carbonyl (C=O) groups is 2. The normalized spacial score (nSPS) is 10.3. The van der Waals surface area contributed by atoms with E-state index in [-0.39, 0.29) is 12.1 Å². The molecule has 2 aromatic heterocycles. The largest absolute Gasteiger partial charge is 0.493 e. The van der Waals surface area contributed by atoms with E-state index < -0.39 is 11.8 Å². The Morgan fingerprint density at radius 1 is 1.06 bits per heavy atom. The molecule has 31 heavy (non-hydrogen) atoms. The number of amides is 2. The van der Waals surface area contributed by atoms with Crippen LogP contribution >= 0.6 is 11.3 Å². The number of aryl methyl sites for hydroxylation is 1. The minimum absolute atomic E-state index is 0.229. The summed E-state index contributed by atoms with van der Waals surface area (Å²) in [5.41, 5.74) is 1.82. The number of rotatable bonds is 8. The first-order valence-electron chi connectivity index (χ1n) is 9.23. The Labute approximate surface area is 183 Å². The molecule has 162 valence electrons. The van der Waals surface area contributed by atoms with E-state index in [1.807, 2.05) is 25.1 Å². The van der Waals surface area contributed by atoms with Gasteiger partial charge >= 0.3 is 0 Å². The number of thiazole rings is 1. The van der Waals surface area contributed by atoms with Crippen molar-refractivity contribution in [3.8, 4) is 27.8 Å². The summed E-state index contributed by atoms with van der Waals surface area (Å²) in [6.07, 6.45) is 1.70. The van der Waals surface area contributed by atoms with Gasteiger partial charge in [-0.05, 0) is 31.2 Å². The Morgan fingerprint density at radius 2 is 1.77 bits per heavy atom. The van der Waals surface area contributed by atoms with Crippen LogP contribution in [0.3, 0.4) is 0 Å². The molecule has 0 saturated carbocycles.